The molecule has 0 aliphatic rings. The van der Waals surface area contributed by atoms with E-state index in [2.05, 4.69) is 29.0 Å². The second kappa shape index (κ2) is 4.01. The van der Waals surface area contributed by atoms with E-state index in [1.807, 2.05) is 41.4 Å². The summed E-state index contributed by atoms with van der Waals surface area (Å²) >= 11 is 0. The summed E-state index contributed by atoms with van der Waals surface area (Å²) < 4.78 is 2.05. The van der Waals surface area contributed by atoms with Gasteiger partial charge in [0, 0.05) is 6.20 Å². The molecule has 0 saturated carbocycles. The van der Waals surface area contributed by atoms with Crippen LogP contribution in [0.15, 0.2) is 48.9 Å². The van der Waals surface area contributed by atoms with Gasteiger partial charge in [-0.05, 0) is 30.2 Å². The highest BCUT2D eigenvalue weighted by molar-refractivity contribution is 5.77. The lowest BCUT2D eigenvalue weighted by Gasteiger charge is -2.07. The fourth-order valence-corrected chi connectivity index (χ4v) is 2.05. The van der Waals surface area contributed by atoms with Gasteiger partial charge < -0.3 is 0 Å². The van der Waals surface area contributed by atoms with Gasteiger partial charge >= 0.3 is 0 Å². The van der Waals surface area contributed by atoms with Crippen LogP contribution in [0.3, 0.4) is 0 Å². The van der Waals surface area contributed by atoms with Crippen LogP contribution >= 0.6 is 0 Å². The minimum Gasteiger partial charge on any atom is -0.283 e. The average molecular weight is 223 g/mol. The Balaban J connectivity index is 2.27. The molecule has 2 heterocycles. The number of hydrogen-bond donors (Lipinski definition) is 0. The normalized spacial score (nSPS) is 10.9. The first kappa shape index (κ1) is 10.0. The first-order chi connectivity index (χ1) is 8.40. The van der Waals surface area contributed by atoms with E-state index in [1.54, 1.807) is 0 Å². The van der Waals surface area contributed by atoms with Crippen LogP contribution in [0, 0.1) is 0 Å². The van der Waals surface area contributed by atoms with E-state index in [-0.39, 0.29) is 0 Å². The van der Waals surface area contributed by atoms with Gasteiger partial charge in [-0.15, -0.1) is 0 Å². The van der Waals surface area contributed by atoms with Crippen molar-refractivity contribution in [3.05, 3.63) is 54.5 Å². The zero-order valence-corrected chi connectivity index (χ0v) is 9.67. The predicted molar refractivity (Wildman–Crippen MR) is 68.2 cm³/mol. The molecule has 0 spiro atoms. The number of fused-ring (bicyclic) bond motifs is 1. The fraction of sp³-hybridized carbons (Fsp3) is 0.143. The molecule has 3 aromatic rings. The summed E-state index contributed by atoms with van der Waals surface area (Å²) in [7, 11) is 0. The molecule has 84 valence electrons. The van der Waals surface area contributed by atoms with Crippen LogP contribution in [0.1, 0.15) is 12.5 Å². The molecule has 0 fully saturated rings. The Morgan fingerprint density at radius 1 is 1.06 bits per heavy atom. The number of nitrogens with zero attached hydrogens (tertiary/aromatic N) is 3. The minimum absolute atomic E-state index is 0.968. The molecule has 0 unspecified atom stereocenters. The first-order valence-electron chi connectivity index (χ1n) is 5.76. The summed E-state index contributed by atoms with van der Waals surface area (Å²) in [6, 6.07) is 12.2. The van der Waals surface area contributed by atoms with Crippen LogP contribution in [0.4, 0.5) is 0 Å². The molecule has 2 aromatic heterocycles. The molecular formula is C14H13N3. The van der Waals surface area contributed by atoms with Crippen molar-refractivity contribution in [1.82, 2.24) is 14.5 Å². The number of aryl methyl sites for hydroxylation is 1. The Kier molecular flexibility index (Phi) is 2.37. The van der Waals surface area contributed by atoms with Crippen molar-refractivity contribution >= 4 is 11.0 Å². The van der Waals surface area contributed by atoms with E-state index in [0.717, 1.165) is 23.3 Å². The molecule has 3 heteroatoms. The van der Waals surface area contributed by atoms with Crippen LogP contribution in [0.2, 0.25) is 0 Å². The van der Waals surface area contributed by atoms with Crippen molar-refractivity contribution in [3.8, 4) is 5.82 Å². The van der Waals surface area contributed by atoms with Crippen LogP contribution in [-0.2, 0) is 6.42 Å². The van der Waals surface area contributed by atoms with Gasteiger partial charge in [-0.2, -0.15) is 0 Å². The molecular weight excluding hydrogens is 210 g/mol. The molecule has 0 atom stereocenters. The quantitative estimate of drug-likeness (QED) is 0.668. The Morgan fingerprint density at radius 3 is 2.82 bits per heavy atom. The smallest absolute Gasteiger partial charge is 0.141 e. The summed E-state index contributed by atoms with van der Waals surface area (Å²) in [5.74, 6) is 0.976. The van der Waals surface area contributed by atoms with Crippen LogP contribution in [0.5, 0.6) is 0 Å². The van der Waals surface area contributed by atoms with Crippen molar-refractivity contribution in [1.29, 1.82) is 0 Å². The van der Waals surface area contributed by atoms with Crippen LogP contribution in [-0.4, -0.2) is 14.5 Å². The van der Waals surface area contributed by atoms with Gasteiger partial charge in [0.05, 0.1) is 11.0 Å². The van der Waals surface area contributed by atoms with Crippen molar-refractivity contribution in [2.75, 3.05) is 0 Å². The maximum atomic E-state index is 4.47. The summed E-state index contributed by atoms with van der Waals surface area (Å²) in [4.78, 5) is 8.86. The third kappa shape index (κ3) is 1.60. The molecule has 3 nitrogen and oxygen atoms in total. The highest BCUT2D eigenvalue weighted by atomic mass is 15.1. The van der Waals surface area contributed by atoms with Gasteiger partial charge in [0.25, 0.3) is 0 Å². The third-order valence-electron chi connectivity index (χ3n) is 2.93. The van der Waals surface area contributed by atoms with E-state index in [0.29, 0.717) is 0 Å². The van der Waals surface area contributed by atoms with E-state index in [9.17, 15) is 0 Å². The molecule has 0 bridgehead atoms. The van der Waals surface area contributed by atoms with E-state index >= 15 is 0 Å². The second-order valence-electron chi connectivity index (χ2n) is 3.94. The molecule has 0 aliphatic heterocycles. The Bertz CT molecular complexity index is 655. The van der Waals surface area contributed by atoms with Gasteiger partial charge in [-0.3, -0.25) is 4.57 Å². The Morgan fingerprint density at radius 2 is 1.94 bits per heavy atom. The number of rotatable bonds is 2. The molecule has 3 rings (SSSR count). The Labute approximate surface area is 99.8 Å². The zero-order chi connectivity index (χ0) is 11.7. The number of aromatic nitrogens is 3. The second-order valence-corrected chi connectivity index (χ2v) is 3.94. The summed E-state index contributed by atoms with van der Waals surface area (Å²) in [6.07, 6.45) is 4.63. The van der Waals surface area contributed by atoms with E-state index in [1.165, 1.54) is 5.56 Å². The van der Waals surface area contributed by atoms with Crippen molar-refractivity contribution in [2.45, 2.75) is 13.3 Å². The topological polar surface area (TPSA) is 30.7 Å². The predicted octanol–water partition coefficient (Wildman–Crippen LogP) is 2.98. The molecule has 17 heavy (non-hydrogen) atoms. The lowest BCUT2D eigenvalue weighted by atomic mass is 10.2. The molecule has 0 radical (unpaired) electrons. The SMILES string of the molecule is CCc1cccnc1-n1cnc2ccccc21. The average Bonchev–Trinajstić information content (AvgIpc) is 2.82. The lowest BCUT2D eigenvalue weighted by Crippen LogP contribution is -2.00. The molecule has 0 saturated heterocycles. The van der Waals surface area contributed by atoms with Crippen molar-refractivity contribution in [3.63, 3.8) is 0 Å². The number of benzene rings is 1. The minimum atomic E-state index is 0.968. The van der Waals surface area contributed by atoms with E-state index < -0.39 is 0 Å². The monoisotopic (exact) mass is 223 g/mol. The largest absolute Gasteiger partial charge is 0.283 e. The van der Waals surface area contributed by atoms with Gasteiger partial charge in [0.15, 0.2) is 0 Å². The standard InChI is InChI=1S/C14H13N3/c1-2-11-6-5-9-15-14(11)17-10-16-12-7-3-4-8-13(12)17/h3-10H,2H2,1H3. The molecule has 0 aliphatic carbocycles. The van der Waals surface area contributed by atoms with Crippen LogP contribution < -0.4 is 0 Å². The van der Waals surface area contributed by atoms with Gasteiger partial charge in [-0.1, -0.05) is 25.1 Å². The number of imidazole rings is 1. The van der Waals surface area contributed by atoms with Crippen molar-refractivity contribution < 1.29 is 0 Å². The zero-order valence-electron chi connectivity index (χ0n) is 9.67. The summed E-state index contributed by atoms with van der Waals surface area (Å²) in [5.41, 5.74) is 3.33. The maximum Gasteiger partial charge on any atom is 0.141 e. The number of para-hydroxylation sites is 2. The lowest BCUT2D eigenvalue weighted by molar-refractivity contribution is 0.967. The fourth-order valence-electron chi connectivity index (χ4n) is 2.05. The Hall–Kier alpha value is -2.16. The molecule has 0 amide bonds. The number of pyridine rings is 1. The maximum absolute atomic E-state index is 4.47. The van der Waals surface area contributed by atoms with Gasteiger partial charge in [-0.25, -0.2) is 9.97 Å². The summed E-state index contributed by atoms with van der Waals surface area (Å²) in [6.45, 7) is 2.14. The number of hydrogen-bond acceptors (Lipinski definition) is 2. The molecule has 1 aromatic carbocycles. The summed E-state index contributed by atoms with van der Waals surface area (Å²) in [5, 5.41) is 0. The van der Waals surface area contributed by atoms with Gasteiger partial charge in [0.2, 0.25) is 0 Å². The van der Waals surface area contributed by atoms with Crippen LogP contribution in [0.25, 0.3) is 16.9 Å². The van der Waals surface area contributed by atoms with E-state index in [4.69, 9.17) is 0 Å². The first-order valence-corrected chi connectivity index (χ1v) is 5.76. The van der Waals surface area contributed by atoms with Gasteiger partial charge in [0.1, 0.15) is 12.1 Å². The van der Waals surface area contributed by atoms with Crippen molar-refractivity contribution in [2.24, 2.45) is 0 Å². The highest BCUT2D eigenvalue weighted by Crippen LogP contribution is 2.19. The third-order valence-corrected chi connectivity index (χ3v) is 2.93. The molecule has 0 N–H and O–H groups in total. The highest BCUT2D eigenvalue weighted by Gasteiger charge is 2.07.